The molecule has 3 aliphatic heterocycles. The summed E-state index contributed by atoms with van der Waals surface area (Å²) in [5.74, 6) is -1.40. The van der Waals surface area contributed by atoms with Crippen LogP contribution in [0.15, 0.2) is 35.9 Å². The lowest BCUT2D eigenvalue weighted by atomic mass is 9.91. The molecule has 42 heavy (non-hydrogen) atoms. The summed E-state index contributed by atoms with van der Waals surface area (Å²) in [7, 11) is 0. The van der Waals surface area contributed by atoms with Crippen LogP contribution in [0.2, 0.25) is 0 Å². The molecule has 2 fully saturated rings. The van der Waals surface area contributed by atoms with Crippen LogP contribution < -0.4 is 4.90 Å². The van der Waals surface area contributed by atoms with E-state index in [1.165, 1.54) is 21.9 Å². The van der Waals surface area contributed by atoms with Crippen molar-refractivity contribution in [3.63, 3.8) is 0 Å². The van der Waals surface area contributed by atoms with Gasteiger partial charge in [-0.15, -0.1) is 0 Å². The number of likely N-dealkylation sites (N-methyl/N-ethyl adjacent to an activating group) is 1. The molecule has 0 bridgehead atoms. The summed E-state index contributed by atoms with van der Waals surface area (Å²) in [5.41, 5.74) is 2.08. The highest BCUT2D eigenvalue weighted by atomic mass is 19.1. The van der Waals surface area contributed by atoms with Gasteiger partial charge in [-0.2, -0.15) is 0 Å². The fourth-order valence-electron chi connectivity index (χ4n) is 5.56. The van der Waals surface area contributed by atoms with Crippen molar-refractivity contribution in [1.82, 2.24) is 9.80 Å². The first-order chi connectivity index (χ1) is 21.3. The van der Waals surface area contributed by atoms with E-state index in [-0.39, 0.29) is 50.3 Å². The van der Waals surface area contributed by atoms with Crippen molar-refractivity contribution in [2.45, 2.75) is 58.3 Å². The molecule has 3 aliphatic rings. The number of hydrogen-bond donors (Lipinski definition) is 1. The Morgan fingerprint density at radius 2 is 1.83 bits per heavy atom. The predicted molar refractivity (Wildman–Crippen MR) is 160 cm³/mol. The summed E-state index contributed by atoms with van der Waals surface area (Å²) in [6.45, 7) is 6.84. The number of benzene rings is 1. The number of cyclic esters (lactones) is 1. The summed E-state index contributed by atoms with van der Waals surface area (Å²) < 4.78 is 54.7. The minimum atomic E-state index is -2.20. The van der Waals surface area contributed by atoms with E-state index in [2.05, 4.69) is 4.90 Å². The first-order valence-corrected chi connectivity index (χ1v) is 14.9. The van der Waals surface area contributed by atoms with Gasteiger partial charge in [0.25, 0.3) is 0 Å². The van der Waals surface area contributed by atoms with Crippen LogP contribution in [0, 0.1) is 17.7 Å². The SMILES string of the molecule is [2H]C([2H])([2H])N1CCN(C(=O)O[C@H]2/C=C/[C@@H](C)[C@H](/C(C)=C/c3cc(F)cc(N4CCOCC4)c3)OC(=O)C[C@@H](O)CC[C@@H]2C)CC1. The van der Waals surface area contributed by atoms with Crippen LogP contribution in [-0.2, 0) is 19.0 Å². The highest BCUT2D eigenvalue weighted by Gasteiger charge is 2.29. The number of aliphatic hydroxyl groups is 1. The highest BCUT2D eigenvalue weighted by molar-refractivity contribution is 5.71. The number of esters is 1. The van der Waals surface area contributed by atoms with Gasteiger partial charge in [-0.25, -0.2) is 9.18 Å². The molecule has 1 amide bonds. The van der Waals surface area contributed by atoms with E-state index in [0.717, 1.165) is 5.69 Å². The number of ether oxygens (including phenoxy) is 3. The lowest BCUT2D eigenvalue weighted by Crippen LogP contribution is -2.48. The average molecular weight is 591 g/mol. The summed E-state index contributed by atoms with van der Waals surface area (Å²) >= 11 is 0. The van der Waals surface area contributed by atoms with Gasteiger partial charge in [0.15, 0.2) is 0 Å². The fraction of sp³-hybridized carbons (Fsp3) is 0.625. The molecule has 0 radical (unpaired) electrons. The molecule has 2 saturated heterocycles. The molecular weight excluding hydrogens is 541 g/mol. The Labute approximate surface area is 253 Å². The molecule has 9 nitrogen and oxygen atoms in total. The number of anilines is 1. The molecule has 5 atom stereocenters. The van der Waals surface area contributed by atoms with Gasteiger partial charge >= 0.3 is 12.1 Å². The molecule has 3 heterocycles. The number of halogens is 1. The van der Waals surface area contributed by atoms with E-state index in [4.69, 9.17) is 18.3 Å². The molecule has 232 valence electrons. The number of carbonyl (C=O) groups excluding carboxylic acids is 2. The molecule has 1 aromatic carbocycles. The Balaban J connectivity index is 1.53. The van der Waals surface area contributed by atoms with Crippen LogP contribution >= 0.6 is 0 Å². The zero-order valence-corrected chi connectivity index (χ0v) is 24.8. The lowest BCUT2D eigenvalue weighted by Gasteiger charge is -2.33. The van der Waals surface area contributed by atoms with Gasteiger partial charge in [-0.05, 0) is 68.1 Å². The Bertz CT molecular complexity index is 1230. The molecular formula is C32H46FN3O6. The number of hydrogen-bond acceptors (Lipinski definition) is 8. The summed E-state index contributed by atoms with van der Waals surface area (Å²) in [6, 6.07) is 4.83. The molecule has 0 aromatic heterocycles. The first-order valence-electron chi connectivity index (χ1n) is 16.4. The molecule has 10 heteroatoms. The van der Waals surface area contributed by atoms with Crippen LogP contribution in [0.25, 0.3) is 6.08 Å². The monoisotopic (exact) mass is 590 g/mol. The highest BCUT2D eigenvalue weighted by Crippen LogP contribution is 2.27. The van der Waals surface area contributed by atoms with Crippen molar-refractivity contribution in [2.24, 2.45) is 11.8 Å². The predicted octanol–water partition coefficient (Wildman–Crippen LogP) is 4.10. The van der Waals surface area contributed by atoms with Crippen LogP contribution in [-0.4, -0.2) is 105 Å². The third kappa shape index (κ3) is 9.02. The maximum absolute atomic E-state index is 14.7. The maximum Gasteiger partial charge on any atom is 0.410 e. The fourth-order valence-corrected chi connectivity index (χ4v) is 5.56. The van der Waals surface area contributed by atoms with E-state index >= 15 is 0 Å². The Morgan fingerprint density at radius 1 is 1.10 bits per heavy atom. The molecule has 1 aromatic rings. The van der Waals surface area contributed by atoms with Crippen molar-refractivity contribution >= 4 is 23.8 Å². The minimum Gasteiger partial charge on any atom is -0.457 e. The lowest BCUT2D eigenvalue weighted by molar-refractivity contribution is -0.151. The van der Waals surface area contributed by atoms with Gasteiger partial charge in [-0.1, -0.05) is 26.0 Å². The Hall–Kier alpha value is -2.95. The molecule has 0 unspecified atom stereocenters. The number of piperazine rings is 1. The molecule has 1 N–H and O–H groups in total. The van der Waals surface area contributed by atoms with E-state index in [9.17, 15) is 19.1 Å². The van der Waals surface area contributed by atoms with Crippen LogP contribution in [0.4, 0.5) is 14.9 Å². The molecule has 4 rings (SSSR count). The van der Waals surface area contributed by atoms with Crippen molar-refractivity contribution in [2.75, 3.05) is 64.4 Å². The van der Waals surface area contributed by atoms with Gasteiger partial charge < -0.3 is 34.0 Å². The van der Waals surface area contributed by atoms with Gasteiger partial charge in [0.1, 0.15) is 18.0 Å². The van der Waals surface area contributed by atoms with E-state index in [1.54, 1.807) is 12.2 Å². The van der Waals surface area contributed by atoms with Gasteiger partial charge in [0, 0.05) is 55.0 Å². The van der Waals surface area contributed by atoms with Gasteiger partial charge in [-0.3, -0.25) is 4.79 Å². The van der Waals surface area contributed by atoms with E-state index < -0.39 is 37.4 Å². The van der Waals surface area contributed by atoms with E-state index in [0.29, 0.717) is 50.3 Å². The number of aliphatic hydroxyl groups excluding tert-OH is 1. The number of nitrogens with zero attached hydrogens (tertiary/aromatic N) is 3. The van der Waals surface area contributed by atoms with Gasteiger partial charge in [0.2, 0.25) is 0 Å². The summed E-state index contributed by atoms with van der Waals surface area (Å²) in [4.78, 5) is 30.9. The van der Waals surface area contributed by atoms with Crippen molar-refractivity contribution in [1.29, 1.82) is 0 Å². The molecule has 0 aliphatic carbocycles. The third-order valence-corrected chi connectivity index (χ3v) is 8.16. The Morgan fingerprint density at radius 3 is 2.55 bits per heavy atom. The minimum absolute atomic E-state index is 0.160. The van der Waals surface area contributed by atoms with Crippen LogP contribution in [0.1, 0.15) is 49.7 Å². The van der Waals surface area contributed by atoms with Crippen molar-refractivity contribution in [3.8, 4) is 0 Å². The standard InChI is InChI=1S/C32H46FN3O6/c1-22-5-7-28(37)21-30(38)42-31(23(2)6-8-29(22)41-32(39)36-11-9-34(4)10-12-36)24(3)17-25-18-26(33)20-27(19-25)35-13-15-40-16-14-35/h6,8,17-20,22-23,28-29,31,37H,5,7,9-16,21H2,1-4H3/b8-6+,24-17+/t22-,23+,28-,29-,31+/m0/s1/i4D3. The quantitative estimate of drug-likeness (QED) is 0.414. The summed E-state index contributed by atoms with van der Waals surface area (Å²) in [5, 5.41) is 10.6. The summed E-state index contributed by atoms with van der Waals surface area (Å²) in [6.07, 6.45) is 3.33. The smallest absolute Gasteiger partial charge is 0.410 e. The van der Waals surface area contributed by atoms with Gasteiger partial charge in [0.05, 0.1) is 25.7 Å². The topological polar surface area (TPSA) is 91.8 Å². The van der Waals surface area contributed by atoms with E-state index in [1.807, 2.05) is 32.9 Å². The molecule has 0 spiro atoms. The van der Waals surface area contributed by atoms with Crippen molar-refractivity contribution < 1.29 is 37.4 Å². The zero-order chi connectivity index (χ0) is 32.7. The third-order valence-electron chi connectivity index (χ3n) is 8.16. The average Bonchev–Trinajstić information content (AvgIpc) is 2.99. The first kappa shape index (κ1) is 27.9. The number of morpholine rings is 1. The van der Waals surface area contributed by atoms with Crippen molar-refractivity contribution in [3.05, 3.63) is 47.3 Å². The largest absolute Gasteiger partial charge is 0.457 e. The van der Waals surface area contributed by atoms with Crippen LogP contribution in [0.5, 0.6) is 0 Å². The number of carbonyl (C=O) groups is 2. The maximum atomic E-state index is 14.7. The second kappa shape index (κ2) is 15.0. The second-order valence-electron chi connectivity index (χ2n) is 11.6. The van der Waals surface area contributed by atoms with Crippen LogP contribution in [0.3, 0.4) is 0 Å². The number of amides is 1. The Kier molecular flexibility index (Phi) is 9.94. The number of rotatable bonds is 4. The normalized spacial score (nSPS) is 31.1. The second-order valence-corrected chi connectivity index (χ2v) is 11.6. The molecule has 0 saturated carbocycles. The zero-order valence-electron chi connectivity index (χ0n) is 27.8.